The van der Waals surface area contributed by atoms with E-state index in [4.69, 9.17) is 22.7 Å². The third-order valence-corrected chi connectivity index (χ3v) is 4.64. The molecule has 3 rings (SSSR count). The Hall–Kier alpha value is -2.40. The first-order chi connectivity index (χ1) is 11.6. The molecule has 0 saturated heterocycles. The van der Waals surface area contributed by atoms with E-state index < -0.39 is 0 Å². The molecular weight excluding hydrogens is 320 g/mol. The van der Waals surface area contributed by atoms with E-state index in [2.05, 4.69) is 11.4 Å². The van der Waals surface area contributed by atoms with Crippen LogP contribution < -0.4 is 15.8 Å². The Morgan fingerprint density at radius 1 is 1.21 bits per heavy atom. The molecule has 1 atom stereocenters. The Morgan fingerprint density at radius 2 is 1.92 bits per heavy atom. The lowest BCUT2D eigenvalue weighted by atomic mass is 9.87. The van der Waals surface area contributed by atoms with Crippen LogP contribution in [0.5, 0.6) is 5.75 Å². The van der Waals surface area contributed by atoms with E-state index >= 15 is 0 Å². The van der Waals surface area contributed by atoms with Crippen LogP contribution in [0.4, 0.5) is 0 Å². The summed E-state index contributed by atoms with van der Waals surface area (Å²) >= 11 is 4.93. The van der Waals surface area contributed by atoms with E-state index in [9.17, 15) is 4.79 Å². The molecule has 0 fully saturated rings. The number of carbonyl (C=O) groups is 1. The van der Waals surface area contributed by atoms with Crippen LogP contribution in [-0.4, -0.2) is 18.0 Å². The van der Waals surface area contributed by atoms with Gasteiger partial charge >= 0.3 is 0 Å². The van der Waals surface area contributed by atoms with Crippen molar-refractivity contribution in [2.45, 2.75) is 25.3 Å². The fraction of sp³-hybridized carbons (Fsp3) is 0.263. The molecule has 0 saturated carbocycles. The second-order valence-corrected chi connectivity index (χ2v) is 6.36. The van der Waals surface area contributed by atoms with Crippen LogP contribution in [0.3, 0.4) is 0 Å². The van der Waals surface area contributed by atoms with Gasteiger partial charge in [0.15, 0.2) is 0 Å². The molecule has 0 aromatic heterocycles. The van der Waals surface area contributed by atoms with E-state index in [-0.39, 0.29) is 11.9 Å². The minimum Gasteiger partial charge on any atom is -0.497 e. The van der Waals surface area contributed by atoms with E-state index in [0.717, 1.165) is 30.6 Å². The highest BCUT2D eigenvalue weighted by Crippen LogP contribution is 2.32. The second kappa shape index (κ2) is 7.01. The number of amides is 1. The summed E-state index contributed by atoms with van der Waals surface area (Å²) in [6.07, 6.45) is 3.00. The molecule has 0 bridgehead atoms. The highest BCUT2D eigenvalue weighted by molar-refractivity contribution is 7.80. The number of methoxy groups -OCH3 is 1. The summed E-state index contributed by atoms with van der Waals surface area (Å²) in [5.41, 5.74) is 9.38. The number of benzene rings is 2. The molecule has 0 spiro atoms. The number of hydrogen-bond donors (Lipinski definition) is 2. The minimum atomic E-state index is -0.0850. The normalized spacial score (nSPS) is 16.1. The van der Waals surface area contributed by atoms with Crippen molar-refractivity contribution in [3.05, 3.63) is 64.7 Å². The lowest BCUT2D eigenvalue weighted by Crippen LogP contribution is -2.31. The fourth-order valence-corrected chi connectivity index (χ4v) is 3.23. The van der Waals surface area contributed by atoms with Crippen molar-refractivity contribution in [2.75, 3.05) is 7.11 Å². The van der Waals surface area contributed by atoms with Crippen molar-refractivity contribution in [1.29, 1.82) is 0 Å². The van der Waals surface area contributed by atoms with Gasteiger partial charge in [-0.15, -0.1) is 0 Å². The molecule has 4 nitrogen and oxygen atoms in total. The molecule has 1 aliphatic rings. The van der Waals surface area contributed by atoms with Gasteiger partial charge in [0, 0.05) is 11.1 Å². The molecule has 2 aromatic rings. The van der Waals surface area contributed by atoms with Gasteiger partial charge in [-0.1, -0.05) is 30.4 Å². The molecule has 3 N–H and O–H groups in total. The molecule has 124 valence electrons. The zero-order chi connectivity index (χ0) is 17.1. The first-order valence-corrected chi connectivity index (χ1v) is 8.37. The Morgan fingerprint density at radius 3 is 2.58 bits per heavy atom. The van der Waals surface area contributed by atoms with Gasteiger partial charge in [0.1, 0.15) is 10.7 Å². The lowest BCUT2D eigenvalue weighted by Gasteiger charge is -2.27. The number of hydrogen-bond acceptors (Lipinski definition) is 3. The predicted molar refractivity (Wildman–Crippen MR) is 98.5 cm³/mol. The van der Waals surface area contributed by atoms with E-state index in [0.29, 0.717) is 10.6 Å². The van der Waals surface area contributed by atoms with Gasteiger partial charge in [-0.3, -0.25) is 4.79 Å². The van der Waals surface area contributed by atoms with E-state index in [1.54, 1.807) is 31.4 Å². The second-order valence-electron chi connectivity index (χ2n) is 5.92. The van der Waals surface area contributed by atoms with Gasteiger partial charge in [0.2, 0.25) is 0 Å². The molecule has 1 aliphatic carbocycles. The Bertz CT molecular complexity index is 771. The van der Waals surface area contributed by atoms with Gasteiger partial charge in [-0.05, 0) is 54.7 Å². The summed E-state index contributed by atoms with van der Waals surface area (Å²) in [6, 6.07) is 13.1. The van der Waals surface area contributed by atoms with Gasteiger partial charge in [-0.25, -0.2) is 0 Å². The topological polar surface area (TPSA) is 64.3 Å². The fourth-order valence-electron chi connectivity index (χ4n) is 3.10. The molecule has 24 heavy (non-hydrogen) atoms. The van der Waals surface area contributed by atoms with Crippen molar-refractivity contribution < 1.29 is 9.53 Å². The molecular formula is C19H20N2O2S. The van der Waals surface area contributed by atoms with Gasteiger partial charge in [0.05, 0.1) is 13.2 Å². The zero-order valence-electron chi connectivity index (χ0n) is 13.5. The first kappa shape index (κ1) is 16.5. The quantitative estimate of drug-likeness (QED) is 0.839. The molecule has 5 heteroatoms. The third-order valence-electron chi connectivity index (χ3n) is 4.40. The van der Waals surface area contributed by atoms with Gasteiger partial charge in [-0.2, -0.15) is 0 Å². The predicted octanol–water partition coefficient (Wildman–Crippen LogP) is 3.14. The highest BCUT2D eigenvalue weighted by Gasteiger charge is 2.22. The van der Waals surface area contributed by atoms with Crippen LogP contribution in [0.1, 0.15) is 45.9 Å². The average Bonchev–Trinajstić information content (AvgIpc) is 2.61. The van der Waals surface area contributed by atoms with Crippen molar-refractivity contribution in [3.8, 4) is 5.75 Å². The van der Waals surface area contributed by atoms with Gasteiger partial charge < -0.3 is 15.8 Å². The van der Waals surface area contributed by atoms with Crippen LogP contribution in [0, 0.1) is 0 Å². The van der Waals surface area contributed by atoms with Crippen LogP contribution >= 0.6 is 12.2 Å². The number of nitrogens with two attached hydrogens (primary N) is 1. The van der Waals surface area contributed by atoms with Crippen LogP contribution in [0.15, 0.2) is 42.5 Å². The number of fused-ring (bicyclic) bond motifs is 1. The van der Waals surface area contributed by atoms with Crippen molar-refractivity contribution in [3.63, 3.8) is 0 Å². The SMILES string of the molecule is COc1ccc2c(c1)CCCC2NC(=O)c1ccc(C(N)=S)cc1. The van der Waals surface area contributed by atoms with E-state index in [1.807, 2.05) is 12.1 Å². The lowest BCUT2D eigenvalue weighted by molar-refractivity contribution is 0.0933. The summed E-state index contributed by atoms with van der Waals surface area (Å²) in [7, 11) is 1.67. The maximum atomic E-state index is 12.5. The monoisotopic (exact) mass is 340 g/mol. The summed E-state index contributed by atoms with van der Waals surface area (Å²) < 4.78 is 5.29. The summed E-state index contributed by atoms with van der Waals surface area (Å²) in [6.45, 7) is 0. The molecule has 0 radical (unpaired) electrons. The maximum absolute atomic E-state index is 12.5. The van der Waals surface area contributed by atoms with Crippen molar-refractivity contribution in [1.82, 2.24) is 5.32 Å². The number of aryl methyl sites for hydroxylation is 1. The third kappa shape index (κ3) is 3.41. The number of thiocarbonyl (C=S) groups is 1. The Kier molecular flexibility index (Phi) is 4.81. The van der Waals surface area contributed by atoms with Gasteiger partial charge in [0.25, 0.3) is 5.91 Å². The molecule has 2 aromatic carbocycles. The van der Waals surface area contributed by atoms with Crippen LogP contribution in [0.2, 0.25) is 0 Å². The first-order valence-electron chi connectivity index (χ1n) is 7.96. The number of ether oxygens (including phenoxy) is 1. The molecule has 1 amide bonds. The number of rotatable bonds is 4. The molecule has 1 unspecified atom stereocenters. The summed E-state index contributed by atoms with van der Waals surface area (Å²) in [5, 5.41) is 3.13. The van der Waals surface area contributed by atoms with Crippen LogP contribution in [-0.2, 0) is 6.42 Å². The Balaban J connectivity index is 1.77. The average molecular weight is 340 g/mol. The maximum Gasteiger partial charge on any atom is 0.251 e. The smallest absolute Gasteiger partial charge is 0.251 e. The Labute approximate surface area is 147 Å². The van der Waals surface area contributed by atoms with Crippen molar-refractivity contribution >= 4 is 23.1 Å². The van der Waals surface area contributed by atoms with E-state index in [1.165, 1.54) is 11.1 Å². The summed E-state index contributed by atoms with van der Waals surface area (Å²) in [4.78, 5) is 12.9. The van der Waals surface area contributed by atoms with Crippen molar-refractivity contribution in [2.24, 2.45) is 5.73 Å². The molecule has 0 heterocycles. The minimum absolute atomic E-state index is 0.0300. The largest absolute Gasteiger partial charge is 0.497 e. The number of nitrogens with one attached hydrogen (secondary N) is 1. The zero-order valence-corrected chi connectivity index (χ0v) is 14.4. The highest BCUT2D eigenvalue weighted by atomic mass is 32.1. The summed E-state index contributed by atoms with van der Waals surface area (Å²) in [5.74, 6) is 0.771. The van der Waals surface area contributed by atoms with Crippen LogP contribution in [0.25, 0.3) is 0 Å². The number of carbonyl (C=O) groups excluding carboxylic acids is 1. The molecule has 0 aliphatic heterocycles. The standard InChI is InChI=1S/C19H20N2O2S/c1-23-15-9-10-16-14(11-15)3-2-4-17(16)21-19(22)13-7-5-12(6-8-13)18(20)24/h5-11,17H,2-4H2,1H3,(H2,20,24)(H,21,22).